The molecule has 0 unspecified atom stereocenters. The number of hydrogen-bond acceptors (Lipinski definition) is 3. The average molecular weight is 278 g/mol. The molecule has 0 saturated carbocycles. The molecule has 0 saturated heterocycles. The summed E-state index contributed by atoms with van der Waals surface area (Å²) in [5, 5.41) is 14.3. The predicted molar refractivity (Wildman–Crippen MR) is 83.2 cm³/mol. The van der Waals surface area contributed by atoms with E-state index in [0.717, 1.165) is 22.3 Å². The van der Waals surface area contributed by atoms with Gasteiger partial charge in [0.05, 0.1) is 5.56 Å². The Hall–Kier alpha value is -2.88. The van der Waals surface area contributed by atoms with Crippen molar-refractivity contribution in [3.63, 3.8) is 0 Å². The minimum atomic E-state index is -0.930. The van der Waals surface area contributed by atoms with Crippen LogP contribution in [0.1, 0.15) is 15.9 Å². The summed E-state index contributed by atoms with van der Waals surface area (Å²) in [6.07, 6.45) is 1.76. The zero-order valence-electron chi connectivity index (χ0n) is 11.5. The zero-order valence-corrected chi connectivity index (χ0v) is 11.5. The van der Waals surface area contributed by atoms with Crippen LogP contribution in [0.2, 0.25) is 0 Å². The second-order valence-electron chi connectivity index (χ2n) is 4.89. The summed E-state index contributed by atoms with van der Waals surface area (Å²) in [5.74, 6) is -0.167. The van der Waals surface area contributed by atoms with E-state index in [1.165, 1.54) is 5.56 Å². The number of nitrogens with zero attached hydrogens (tertiary/aromatic N) is 1. The lowest BCUT2D eigenvalue weighted by Crippen LogP contribution is -1.98. The molecule has 0 aliphatic carbocycles. The number of aryl methyl sites for hydroxylation is 1. The summed E-state index contributed by atoms with van der Waals surface area (Å²) in [6.45, 7) is 2.04. The molecule has 3 rings (SSSR count). The van der Waals surface area contributed by atoms with Crippen molar-refractivity contribution in [2.24, 2.45) is 0 Å². The van der Waals surface area contributed by atoms with Gasteiger partial charge in [0.2, 0.25) is 0 Å². The van der Waals surface area contributed by atoms with Gasteiger partial charge in [0, 0.05) is 17.3 Å². The second kappa shape index (κ2) is 5.25. The van der Waals surface area contributed by atoms with Gasteiger partial charge in [-0.2, -0.15) is 0 Å². The molecule has 4 nitrogen and oxygen atoms in total. The third kappa shape index (κ3) is 2.69. The maximum Gasteiger partial charge on any atom is 0.335 e. The maximum absolute atomic E-state index is 10.9. The van der Waals surface area contributed by atoms with Gasteiger partial charge in [-0.25, -0.2) is 9.78 Å². The van der Waals surface area contributed by atoms with Crippen molar-refractivity contribution in [3.8, 4) is 0 Å². The third-order valence-corrected chi connectivity index (χ3v) is 3.32. The normalized spacial score (nSPS) is 10.5. The number of benzene rings is 2. The number of aromatic nitrogens is 1. The highest BCUT2D eigenvalue weighted by Crippen LogP contribution is 2.25. The highest BCUT2D eigenvalue weighted by atomic mass is 16.4. The molecular formula is C17H14N2O2. The first kappa shape index (κ1) is 13.1. The number of carbonyl (C=O) groups is 1. The first-order valence-electron chi connectivity index (χ1n) is 6.59. The van der Waals surface area contributed by atoms with Gasteiger partial charge in [-0.05, 0) is 48.7 Å². The molecule has 1 aromatic heterocycles. The molecule has 0 atom stereocenters. The van der Waals surface area contributed by atoms with Crippen LogP contribution in [0.5, 0.6) is 0 Å². The van der Waals surface area contributed by atoms with Gasteiger partial charge in [0.1, 0.15) is 5.82 Å². The number of aromatic carboxylic acids is 1. The maximum atomic E-state index is 10.9. The van der Waals surface area contributed by atoms with Crippen molar-refractivity contribution in [3.05, 3.63) is 65.9 Å². The van der Waals surface area contributed by atoms with E-state index in [9.17, 15) is 4.79 Å². The van der Waals surface area contributed by atoms with Crippen molar-refractivity contribution in [1.82, 2.24) is 4.98 Å². The molecule has 4 heteroatoms. The number of anilines is 2. The third-order valence-electron chi connectivity index (χ3n) is 3.32. The Balaban J connectivity index is 1.97. The summed E-state index contributed by atoms with van der Waals surface area (Å²) < 4.78 is 0. The van der Waals surface area contributed by atoms with Crippen molar-refractivity contribution in [2.45, 2.75) is 6.92 Å². The van der Waals surface area contributed by atoms with Crippen LogP contribution in [-0.2, 0) is 0 Å². The standard InChI is InChI=1S/C17H14N2O2/c1-11-2-3-12-8-9-18-16(15(12)10-11)19-14-6-4-13(5-7-14)17(20)21/h2-10H,1H3,(H,18,19)(H,20,21). The second-order valence-corrected chi connectivity index (χ2v) is 4.89. The van der Waals surface area contributed by atoms with E-state index in [2.05, 4.69) is 28.5 Å². The van der Waals surface area contributed by atoms with E-state index in [0.29, 0.717) is 0 Å². The van der Waals surface area contributed by atoms with E-state index in [-0.39, 0.29) is 5.56 Å². The van der Waals surface area contributed by atoms with Crippen LogP contribution >= 0.6 is 0 Å². The smallest absolute Gasteiger partial charge is 0.335 e. The monoisotopic (exact) mass is 278 g/mol. The molecule has 1 heterocycles. The van der Waals surface area contributed by atoms with E-state index < -0.39 is 5.97 Å². The highest BCUT2D eigenvalue weighted by Gasteiger charge is 2.05. The Morgan fingerprint density at radius 3 is 2.57 bits per heavy atom. The molecule has 0 amide bonds. The van der Waals surface area contributed by atoms with Crippen molar-refractivity contribution in [1.29, 1.82) is 0 Å². The highest BCUT2D eigenvalue weighted by molar-refractivity contribution is 5.94. The summed E-state index contributed by atoms with van der Waals surface area (Å²) in [7, 11) is 0. The van der Waals surface area contributed by atoms with Crippen LogP contribution in [0, 0.1) is 6.92 Å². The largest absolute Gasteiger partial charge is 0.478 e. The van der Waals surface area contributed by atoms with Gasteiger partial charge in [-0.1, -0.05) is 17.7 Å². The van der Waals surface area contributed by atoms with Gasteiger partial charge in [-0.3, -0.25) is 0 Å². The van der Waals surface area contributed by atoms with Gasteiger partial charge in [0.25, 0.3) is 0 Å². The summed E-state index contributed by atoms with van der Waals surface area (Å²) in [5.41, 5.74) is 2.24. The van der Waals surface area contributed by atoms with Crippen molar-refractivity contribution in [2.75, 3.05) is 5.32 Å². The van der Waals surface area contributed by atoms with Gasteiger partial charge < -0.3 is 10.4 Å². The van der Waals surface area contributed by atoms with Crippen LogP contribution in [0.15, 0.2) is 54.7 Å². The molecule has 0 spiro atoms. The number of hydrogen-bond donors (Lipinski definition) is 2. The average Bonchev–Trinajstić information content (AvgIpc) is 2.48. The number of rotatable bonds is 3. The Labute approximate surface area is 122 Å². The topological polar surface area (TPSA) is 62.2 Å². The first-order chi connectivity index (χ1) is 10.1. The first-order valence-corrected chi connectivity index (χ1v) is 6.59. The number of carboxylic acid groups (broad SMARTS) is 1. The lowest BCUT2D eigenvalue weighted by molar-refractivity contribution is 0.0697. The Morgan fingerprint density at radius 2 is 1.86 bits per heavy atom. The minimum Gasteiger partial charge on any atom is -0.478 e. The van der Waals surface area contributed by atoms with Crippen LogP contribution in [0.4, 0.5) is 11.5 Å². The van der Waals surface area contributed by atoms with E-state index >= 15 is 0 Å². The van der Waals surface area contributed by atoms with Crippen LogP contribution in [0.25, 0.3) is 10.8 Å². The predicted octanol–water partition coefficient (Wildman–Crippen LogP) is 3.99. The van der Waals surface area contributed by atoms with Gasteiger partial charge >= 0.3 is 5.97 Å². The van der Waals surface area contributed by atoms with Gasteiger partial charge in [0.15, 0.2) is 0 Å². The minimum absolute atomic E-state index is 0.266. The number of carboxylic acids is 1. The molecule has 104 valence electrons. The molecule has 0 fully saturated rings. The molecule has 2 N–H and O–H groups in total. The molecule has 0 radical (unpaired) electrons. The quantitative estimate of drug-likeness (QED) is 0.760. The molecule has 0 bridgehead atoms. The Bertz CT molecular complexity index is 811. The van der Waals surface area contributed by atoms with Crippen molar-refractivity contribution < 1.29 is 9.90 Å². The van der Waals surface area contributed by atoms with Crippen LogP contribution < -0.4 is 5.32 Å². The summed E-state index contributed by atoms with van der Waals surface area (Å²) >= 11 is 0. The molecule has 2 aromatic carbocycles. The van der Waals surface area contributed by atoms with Crippen molar-refractivity contribution >= 4 is 28.2 Å². The fourth-order valence-electron chi connectivity index (χ4n) is 2.21. The van der Waals surface area contributed by atoms with Crippen LogP contribution in [-0.4, -0.2) is 16.1 Å². The SMILES string of the molecule is Cc1ccc2ccnc(Nc3ccc(C(=O)O)cc3)c2c1. The number of nitrogens with one attached hydrogen (secondary N) is 1. The Kier molecular flexibility index (Phi) is 3.28. The molecule has 0 aliphatic heterocycles. The fraction of sp³-hybridized carbons (Fsp3) is 0.0588. The van der Waals surface area contributed by atoms with Crippen LogP contribution in [0.3, 0.4) is 0 Å². The van der Waals surface area contributed by atoms with E-state index in [1.54, 1.807) is 30.5 Å². The molecule has 21 heavy (non-hydrogen) atoms. The fourth-order valence-corrected chi connectivity index (χ4v) is 2.21. The van der Waals surface area contributed by atoms with Gasteiger partial charge in [-0.15, -0.1) is 0 Å². The lowest BCUT2D eigenvalue weighted by atomic mass is 10.1. The number of pyridine rings is 1. The molecule has 3 aromatic rings. The Morgan fingerprint density at radius 1 is 1.10 bits per heavy atom. The molecular weight excluding hydrogens is 264 g/mol. The zero-order chi connectivity index (χ0) is 14.8. The summed E-state index contributed by atoms with van der Waals surface area (Å²) in [6, 6.07) is 14.8. The molecule has 0 aliphatic rings. The lowest BCUT2D eigenvalue weighted by Gasteiger charge is -2.09. The van der Waals surface area contributed by atoms with E-state index in [4.69, 9.17) is 5.11 Å². The summed E-state index contributed by atoms with van der Waals surface area (Å²) in [4.78, 5) is 15.2. The number of fused-ring (bicyclic) bond motifs is 1. The van der Waals surface area contributed by atoms with E-state index in [1.807, 2.05) is 13.0 Å².